The number of hydrogen-bond acceptors (Lipinski definition) is 2. The largest absolute Gasteiger partial charge is 0.391 e. The van der Waals surface area contributed by atoms with Crippen molar-refractivity contribution in [3.8, 4) is 0 Å². The maximum Gasteiger partial charge on any atom is 0.130 e. The number of nitrogens with zero attached hydrogens (tertiary/aromatic N) is 1. The van der Waals surface area contributed by atoms with Crippen LogP contribution in [0, 0.1) is 12.7 Å². The van der Waals surface area contributed by atoms with Gasteiger partial charge >= 0.3 is 0 Å². The molecule has 0 saturated heterocycles. The van der Waals surface area contributed by atoms with Gasteiger partial charge in [0.05, 0.1) is 6.61 Å². The van der Waals surface area contributed by atoms with Crippen LogP contribution < -0.4 is 4.90 Å². The number of aliphatic hydroxyl groups excluding tert-OH is 1. The first-order valence-corrected chi connectivity index (χ1v) is 5.82. The second-order valence-corrected chi connectivity index (χ2v) is 4.29. The lowest BCUT2D eigenvalue weighted by Gasteiger charge is -2.22. The third-order valence-corrected chi connectivity index (χ3v) is 3.00. The van der Waals surface area contributed by atoms with Crippen molar-refractivity contribution in [3.63, 3.8) is 0 Å². The molecule has 0 saturated carbocycles. The fourth-order valence-corrected chi connectivity index (χ4v) is 1.99. The van der Waals surface area contributed by atoms with Crippen LogP contribution in [0.1, 0.15) is 11.1 Å². The van der Waals surface area contributed by atoms with Crippen molar-refractivity contribution in [2.24, 2.45) is 0 Å². The molecule has 2 rings (SSSR count). The molecule has 0 atom stereocenters. The fraction of sp³-hybridized carbons (Fsp3) is 0.200. The Kier molecular flexibility index (Phi) is 3.63. The molecule has 0 fully saturated rings. The van der Waals surface area contributed by atoms with E-state index in [2.05, 4.69) is 0 Å². The van der Waals surface area contributed by atoms with E-state index in [0.717, 1.165) is 11.3 Å². The minimum Gasteiger partial charge on any atom is -0.391 e. The van der Waals surface area contributed by atoms with Gasteiger partial charge in [0.1, 0.15) is 5.82 Å². The Hall–Kier alpha value is -1.87. The zero-order chi connectivity index (χ0) is 13.1. The molecule has 0 heterocycles. The highest BCUT2D eigenvalue weighted by atomic mass is 19.1. The maximum absolute atomic E-state index is 13.6. The molecular weight excluding hydrogens is 229 g/mol. The van der Waals surface area contributed by atoms with Gasteiger partial charge < -0.3 is 10.0 Å². The van der Waals surface area contributed by atoms with Crippen LogP contribution in [0.15, 0.2) is 42.5 Å². The van der Waals surface area contributed by atoms with Crippen LogP contribution in [-0.2, 0) is 6.61 Å². The van der Waals surface area contributed by atoms with Gasteiger partial charge in [-0.25, -0.2) is 4.39 Å². The second kappa shape index (κ2) is 5.19. The molecular formula is C15H16FNO. The third-order valence-electron chi connectivity index (χ3n) is 3.00. The molecule has 0 spiro atoms. The van der Waals surface area contributed by atoms with Crippen LogP contribution in [0.2, 0.25) is 0 Å². The van der Waals surface area contributed by atoms with Gasteiger partial charge in [-0.15, -0.1) is 0 Å². The maximum atomic E-state index is 13.6. The summed E-state index contributed by atoms with van der Waals surface area (Å²) >= 11 is 0. The first-order chi connectivity index (χ1) is 8.63. The average Bonchev–Trinajstić information content (AvgIpc) is 2.37. The molecule has 0 aliphatic carbocycles. The number of rotatable bonds is 3. The Morgan fingerprint density at radius 1 is 1.17 bits per heavy atom. The normalized spacial score (nSPS) is 10.4. The number of aliphatic hydroxyl groups is 1. The fourth-order valence-electron chi connectivity index (χ4n) is 1.99. The highest BCUT2D eigenvalue weighted by Crippen LogP contribution is 2.29. The van der Waals surface area contributed by atoms with E-state index in [1.165, 1.54) is 6.07 Å². The molecule has 0 bridgehead atoms. The molecule has 18 heavy (non-hydrogen) atoms. The van der Waals surface area contributed by atoms with Crippen LogP contribution in [0.4, 0.5) is 15.8 Å². The average molecular weight is 245 g/mol. The van der Waals surface area contributed by atoms with Gasteiger partial charge in [-0.2, -0.15) is 0 Å². The summed E-state index contributed by atoms with van der Waals surface area (Å²) in [5, 5.41) is 9.28. The van der Waals surface area contributed by atoms with Gasteiger partial charge in [-0.05, 0) is 36.8 Å². The van der Waals surface area contributed by atoms with Crippen molar-refractivity contribution in [1.29, 1.82) is 0 Å². The van der Waals surface area contributed by atoms with Gasteiger partial charge in [0, 0.05) is 24.0 Å². The Morgan fingerprint density at radius 2 is 1.89 bits per heavy atom. The smallest absolute Gasteiger partial charge is 0.130 e. The minimum atomic E-state index is -0.380. The number of benzene rings is 2. The summed E-state index contributed by atoms with van der Waals surface area (Å²) in [4.78, 5) is 1.88. The van der Waals surface area contributed by atoms with Crippen LogP contribution in [0.25, 0.3) is 0 Å². The Balaban J connectivity index is 2.46. The van der Waals surface area contributed by atoms with Gasteiger partial charge in [0.15, 0.2) is 0 Å². The lowest BCUT2D eigenvalue weighted by Crippen LogP contribution is -2.12. The summed E-state index contributed by atoms with van der Waals surface area (Å²) < 4.78 is 13.6. The van der Waals surface area contributed by atoms with E-state index in [1.807, 2.05) is 43.1 Å². The van der Waals surface area contributed by atoms with E-state index in [1.54, 1.807) is 12.1 Å². The second-order valence-electron chi connectivity index (χ2n) is 4.29. The standard InChI is InChI=1S/C15H16FNO/c1-11-5-3-6-12(9-11)17(2)15-8-4-7-14(16)13(15)10-18/h3-9,18H,10H2,1-2H3. The van der Waals surface area contributed by atoms with Gasteiger partial charge in [-0.3, -0.25) is 0 Å². The van der Waals surface area contributed by atoms with E-state index in [-0.39, 0.29) is 12.4 Å². The molecule has 1 N–H and O–H groups in total. The lowest BCUT2D eigenvalue weighted by molar-refractivity contribution is 0.276. The van der Waals surface area contributed by atoms with Crippen LogP contribution in [0.5, 0.6) is 0 Å². The topological polar surface area (TPSA) is 23.5 Å². The third kappa shape index (κ3) is 2.36. The van der Waals surface area contributed by atoms with Crippen molar-refractivity contribution < 1.29 is 9.50 Å². The van der Waals surface area contributed by atoms with Crippen molar-refractivity contribution in [3.05, 3.63) is 59.4 Å². The zero-order valence-electron chi connectivity index (χ0n) is 10.5. The predicted octanol–water partition coefficient (Wildman–Crippen LogP) is 3.39. The molecule has 0 amide bonds. The first kappa shape index (κ1) is 12.6. The summed E-state index contributed by atoms with van der Waals surface area (Å²) in [7, 11) is 1.86. The van der Waals surface area contributed by atoms with Crippen LogP contribution >= 0.6 is 0 Å². The van der Waals surface area contributed by atoms with Crippen molar-refractivity contribution in [1.82, 2.24) is 0 Å². The Bertz CT molecular complexity index is 554. The SMILES string of the molecule is Cc1cccc(N(C)c2cccc(F)c2CO)c1. The minimum absolute atomic E-state index is 0.307. The Morgan fingerprint density at radius 3 is 2.56 bits per heavy atom. The molecule has 0 aromatic heterocycles. The number of aryl methyl sites for hydroxylation is 1. The molecule has 2 nitrogen and oxygen atoms in total. The summed E-state index contributed by atoms with van der Waals surface area (Å²) in [6.07, 6.45) is 0. The van der Waals surface area contributed by atoms with Crippen LogP contribution in [0.3, 0.4) is 0 Å². The Labute approximate surface area is 106 Å². The summed E-state index contributed by atoms with van der Waals surface area (Å²) in [6.45, 7) is 1.70. The number of anilines is 2. The molecule has 0 aliphatic rings. The van der Waals surface area contributed by atoms with Gasteiger partial charge in [0.2, 0.25) is 0 Å². The number of halogens is 1. The molecule has 0 aliphatic heterocycles. The van der Waals surface area contributed by atoms with E-state index in [4.69, 9.17) is 0 Å². The molecule has 0 radical (unpaired) electrons. The summed E-state index contributed by atoms with van der Waals surface area (Å²) in [5.41, 5.74) is 3.11. The van der Waals surface area contributed by atoms with E-state index >= 15 is 0 Å². The van der Waals surface area contributed by atoms with Crippen molar-refractivity contribution in [2.45, 2.75) is 13.5 Å². The lowest BCUT2D eigenvalue weighted by atomic mass is 10.1. The van der Waals surface area contributed by atoms with E-state index in [9.17, 15) is 9.50 Å². The number of hydrogen-bond donors (Lipinski definition) is 1. The molecule has 2 aromatic rings. The highest BCUT2D eigenvalue weighted by molar-refractivity contribution is 5.66. The van der Waals surface area contributed by atoms with Crippen LogP contribution in [-0.4, -0.2) is 12.2 Å². The quantitative estimate of drug-likeness (QED) is 0.896. The van der Waals surface area contributed by atoms with Crippen molar-refractivity contribution >= 4 is 11.4 Å². The van der Waals surface area contributed by atoms with Gasteiger partial charge in [0.25, 0.3) is 0 Å². The molecule has 3 heteroatoms. The zero-order valence-corrected chi connectivity index (χ0v) is 10.5. The first-order valence-electron chi connectivity index (χ1n) is 5.82. The van der Waals surface area contributed by atoms with Crippen molar-refractivity contribution in [2.75, 3.05) is 11.9 Å². The monoisotopic (exact) mass is 245 g/mol. The van der Waals surface area contributed by atoms with E-state index < -0.39 is 0 Å². The summed E-state index contributed by atoms with van der Waals surface area (Å²) in [5.74, 6) is -0.380. The predicted molar refractivity (Wildman–Crippen MR) is 71.6 cm³/mol. The molecule has 2 aromatic carbocycles. The summed E-state index contributed by atoms with van der Waals surface area (Å²) in [6, 6.07) is 12.8. The van der Waals surface area contributed by atoms with E-state index in [0.29, 0.717) is 11.3 Å². The molecule has 0 unspecified atom stereocenters. The molecule has 94 valence electrons. The highest BCUT2D eigenvalue weighted by Gasteiger charge is 2.12. The van der Waals surface area contributed by atoms with Gasteiger partial charge in [-0.1, -0.05) is 18.2 Å².